The van der Waals surface area contributed by atoms with Crippen molar-refractivity contribution in [3.05, 3.63) is 146 Å². The van der Waals surface area contributed by atoms with E-state index < -0.39 is 0 Å². The molecule has 9 heteroatoms. The molecule has 0 saturated carbocycles. The van der Waals surface area contributed by atoms with Crippen molar-refractivity contribution in [3.63, 3.8) is 0 Å². The molecular weight excluding hydrogens is 737 g/mol. The number of fused-ring (bicyclic) bond motifs is 2. The third kappa shape index (κ3) is 11.9. The van der Waals surface area contributed by atoms with E-state index in [9.17, 15) is 0 Å². The molecule has 0 spiro atoms. The first-order valence-electron chi connectivity index (χ1n) is 19.3. The Morgan fingerprint density at radius 1 is 0.491 bits per heavy atom. The molecule has 9 rings (SSSR count). The summed E-state index contributed by atoms with van der Waals surface area (Å²) in [6.07, 6.45) is 9.37. The van der Waals surface area contributed by atoms with Gasteiger partial charge in [0.2, 0.25) is 0 Å². The Labute approximate surface area is 337 Å². The first-order valence-corrected chi connectivity index (χ1v) is 22.3. The summed E-state index contributed by atoms with van der Waals surface area (Å²) in [4.78, 5) is 16.6. The highest BCUT2D eigenvalue weighted by atomic mass is 33.1. The lowest BCUT2D eigenvalue weighted by molar-refractivity contribution is 0.239. The van der Waals surface area contributed by atoms with Crippen LogP contribution in [0.4, 0.5) is 0 Å². The van der Waals surface area contributed by atoms with Crippen LogP contribution >= 0.6 is 33.3 Å². The van der Waals surface area contributed by atoms with Crippen LogP contribution in [0.15, 0.2) is 165 Å². The number of aromatic amines is 2. The first-order chi connectivity index (χ1) is 27.3. The van der Waals surface area contributed by atoms with Crippen molar-refractivity contribution in [3.8, 4) is 11.5 Å². The zero-order valence-electron chi connectivity index (χ0n) is 31.3. The molecule has 0 atom stereocenters. The fourth-order valence-corrected chi connectivity index (χ4v) is 9.65. The van der Waals surface area contributed by atoms with E-state index in [0.29, 0.717) is 0 Å². The van der Waals surface area contributed by atoms with Crippen LogP contribution in [0.2, 0.25) is 0 Å². The largest absolute Gasteiger partial charge is 0.490 e. The van der Waals surface area contributed by atoms with Gasteiger partial charge in [0.25, 0.3) is 0 Å². The predicted molar refractivity (Wildman–Crippen MR) is 234 cm³/mol. The average Bonchev–Trinajstić information content (AvgIpc) is 4.09. The van der Waals surface area contributed by atoms with Crippen molar-refractivity contribution in [1.82, 2.24) is 19.8 Å². The van der Waals surface area contributed by atoms with Gasteiger partial charge in [-0.2, -0.15) is 0 Å². The third-order valence-electron chi connectivity index (χ3n) is 9.61. The monoisotopic (exact) mass is 786 g/mol. The van der Waals surface area contributed by atoms with E-state index in [4.69, 9.17) is 9.47 Å². The van der Waals surface area contributed by atoms with Crippen molar-refractivity contribution < 1.29 is 9.47 Å². The summed E-state index contributed by atoms with van der Waals surface area (Å²) in [7, 11) is 3.58. The second-order valence-electron chi connectivity index (χ2n) is 13.5. The van der Waals surface area contributed by atoms with Crippen LogP contribution in [0.25, 0.3) is 21.8 Å². The van der Waals surface area contributed by atoms with E-state index in [1.807, 2.05) is 36.5 Å². The number of rotatable bonds is 13. The van der Waals surface area contributed by atoms with Crippen LogP contribution in [-0.2, 0) is 0 Å². The molecule has 6 nitrogen and oxygen atoms in total. The normalized spacial score (nSPS) is 14.3. The van der Waals surface area contributed by atoms with Crippen LogP contribution in [0.3, 0.4) is 0 Å². The molecular formula is C46H50N4O2S3. The highest BCUT2D eigenvalue weighted by Gasteiger charge is 2.14. The average molecular weight is 787 g/mol. The molecule has 0 amide bonds. The van der Waals surface area contributed by atoms with E-state index >= 15 is 0 Å². The smallest absolute Gasteiger partial charge is 0.143 e. The summed E-state index contributed by atoms with van der Waals surface area (Å²) >= 11 is 1.78. The molecule has 2 aliphatic rings. The minimum atomic E-state index is 0.749. The molecule has 284 valence electrons. The Hall–Kier alpha value is -4.25. The summed E-state index contributed by atoms with van der Waals surface area (Å²) < 4.78 is 11.9. The highest BCUT2D eigenvalue weighted by Crippen LogP contribution is 2.37. The fraction of sp³-hybridized carbons (Fsp3) is 0.261. The number of nitrogens with one attached hydrogen (secondary N) is 2. The Bertz CT molecular complexity index is 2090. The lowest BCUT2D eigenvalue weighted by Gasteiger charge is -2.15. The van der Waals surface area contributed by atoms with Crippen LogP contribution < -0.4 is 9.47 Å². The van der Waals surface area contributed by atoms with Gasteiger partial charge in [0.15, 0.2) is 0 Å². The number of para-hydroxylation sites is 2. The lowest BCUT2D eigenvalue weighted by Crippen LogP contribution is -2.25. The van der Waals surface area contributed by atoms with Gasteiger partial charge in [-0.3, -0.25) is 9.80 Å². The maximum Gasteiger partial charge on any atom is 0.143 e. The van der Waals surface area contributed by atoms with Gasteiger partial charge in [-0.1, -0.05) is 112 Å². The molecule has 5 aromatic carbocycles. The van der Waals surface area contributed by atoms with Gasteiger partial charge in [-0.05, 0) is 106 Å². The molecule has 7 aromatic rings. The molecule has 0 radical (unpaired) electrons. The molecule has 2 N–H and O–H groups in total. The maximum absolute atomic E-state index is 6.06. The molecule has 0 bridgehead atoms. The Morgan fingerprint density at radius 2 is 1.00 bits per heavy atom. The van der Waals surface area contributed by atoms with E-state index in [-0.39, 0.29) is 0 Å². The first kappa shape index (κ1) is 39.0. The van der Waals surface area contributed by atoms with Crippen molar-refractivity contribution in [2.75, 3.05) is 52.5 Å². The summed E-state index contributed by atoms with van der Waals surface area (Å²) in [6, 6.07) is 45.8. The number of likely N-dealkylation sites (tertiary alicyclic amines) is 2. The molecule has 0 aliphatic carbocycles. The van der Waals surface area contributed by atoms with Gasteiger partial charge in [0, 0.05) is 55.8 Å². The molecule has 2 saturated heterocycles. The van der Waals surface area contributed by atoms with Crippen LogP contribution in [0, 0.1) is 0 Å². The zero-order valence-corrected chi connectivity index (χ0v) is 33.7. The molecule has 2 aromatic heterocycles. The Kier molecular flexibility index (Phi) is 15.0. The number of benzene rings is 5. The third-order valence-corrected chi connectivity index (χ3v) is 13.1. The number of H-pyrrole nitrogens is 2. The fourth-order valence-electron chi connectivity index (χ4n) is 6.73. The van der Waals surface area contributed by atoms with Crippen molar-refractivity contribution in [2.24, 2.45) is 0 Å². The summed E-state index contributed by atoms with van der Waals surface area (Å²) in [5.41, 5.74) is 2.20. The summed E-state index contributed by atoms with van der Waals surface area (Å²) in [5.74, 6) is 1.92. The van der Waals surface area contributed by atoms with E-state index in [1.165, 1.54) is 82.2 Å². The van der Waals surface area contributed by atoms with Gasteiger partial charge >= 0.3 is 0 Å². The van der Waals surface area contributed by atoms with Gasteiger partial charge in [0.05, 0.1) is 11.0 Å². The number of aromatic nitrogens is 2. The minimum absolute atomic E-state index is 0.749. The molecule has 0 unspecified atom stereocenters. The Morgan fingerprint density at radius 3 is 1.56 bits per heavy atom. The van der Waals surface area contributed by atoms with Crippen LogP contribution in [-0.4, -0.2) is 72.3 Å². The Balaban J connectivity index is 0.000000132. The van der Waals surface area contributed by atoms with E-state index in [0.717, 1.165) is 48.8 Å². The molecule has 2 aliphatic heterocycles. The second-order valence-corrected chi connectivity index (χ2v) is 16.9. The standard InChI is InChI=1S/C20H22N2OS.C14H18N2O.C12H10S2/c1-2-7-16(8-3-1)24-19-15-21-20-17(19)9-6-10-18(20)23-14-13-22-11-4-5-12-22;1-2-9-16(8-1)10-11-17-13-5-3-4-12-6-7-15-14(12)13;1-3-7-11(8-4-1)13-14-12-9-5-2-6-10-12/h1-3,6-10,15,21H,4-5,11-14H2;3-7,15H,1-2,8-11H2;1-10H. The quantitative estimate of drug-likeness (QED) is 0.113. The SMILES string of the molecule is c1cc(OCCN2CCCC2)c2[nH]ccc2c1.c1ccc(SSc2ccccc2)cc1.c1ccc(Sc2c[nH]c3c(OCCN4CCCC4)cccc23)cc1. The van der Waals surface area contributed by atoms with Gasteiger partial charge in [0.1, 0.15) is 24.7 Å². The van der Waals surface area contributed by atoms with Crippen molar-refractivity contribution in [2.45, 2.75) is 45.3 Å². The van der Waals surface area contributed by atoms with Crippen LogP contribution in [0.1, 0.15) is 25.7 Å². The second kappa shape index (κ2) is 21.2. The van der Waals surface area contributed by atoms with Crippen molar-refractivity contribution >= 4 is 55.2 Å². The highest BCUT2D eigenvalue weighted by molar-refractivity contribution is 8.76. The molecule has 4 heterocycles. The van der Waals surface area contributed by atoms with Crippen molar-refractivity contribution in [1.29, 1.82) is 0 Å². The van der Waals surface area contributed by atoms with Gasteiger partial charge in [-0.15, -0.1) is 0 Å². The van der Waals surface area contributed by atoms with Gasteiger partial charge < -0.3 is 19.4 Å². The number of ether oxygens (including phenoxy) is 2. The summed E-state index contributed by atoms with van der Waals surface area (Å²) in [6.45, 7) is 8.48. The zero-order chi connectivity index (χ0) is 37.3. The lowest BCUT2D eigenvalue weighted by atomic mass is 10.2. The predicted octanol–water partition coefficient (Wildman–Crippen LogP) is 11.9. The number of hydrogen-bond donors (Lipinski definition) is 2. The van der Waals surface area contributed by atoms with Crippen LogP contribution in [0.5, 0.6) is 11.5 Å². The maximum atomic E-state index is 6.06. The minimum Gasteiger partial charge on any atom is -0.490 e. The number of hydrogen-bond acceptors (Lipinski definition) is 7. The van der Waals surface area contributed by atoms with Gasteiger partial charge in [-0.25, -0.2) is 0 Å². The molecule has 55 heavy (non-hydrogen) atoms. The summed E-state index contributed by atoms with van der Waals surface area (Å²) in [5, 5.41) is 2.44. The molecule has 2 fully saturated rings. The van der Waals surface area contributed by atoms with E-state index in [2.05, 4.69) is 129 Å². The topological polar surface area (TPSA) is 56.5 Å². The number of nitrogens with zero attached hydrogens (tertiary/aromatic N) is 2. The van der Waals surface area contributed by atoms with E-state index in [1.54, 1.807) is 33.3 Å².